The lowest BCUT2D eigenvalue weighted by molar-refractivity contribution is 0.0647. The van der Waals surface area contributed by atoms with Gasteiger partial charge in [0.2, 0.25) is 17.8 Å². The summed E-state index contributed by atoms with van der Waals surface area (Å²) in [6, 6.07) is 28.9. The van der Waals surface area contributed by atoms with E-state index in [1.807, 2.05) is 66.7 Å². The van der Waals surface area contributed by atoms with E-state index in [9.17, 15) is 9.59 Å². The third kappa shape index (κ3) is 4.21. The maximum atomic E-state index is 13.6. The van der Waals surface area contributed by atoms with E-state index in [1.165, 1.54) is 5.69 Å². The number of nitrogens with zero attached hydrogens (tertiary/aromatic N) is 8. The van der Waals surface area contributed by atoms with Crippen LogP contribution in [0.2, 0.25) is 0 Å². The van der Waals surface area contributed by atoms with E-state index in [0.29, 0.717) is 41.5 Å². The van der Waals surface area contributed by atoms with Crippen molar-refractivity contribution in [2.45, 2.75) is 0 Å². The first kappa shape index (κ1) is 24.9. The van der Waals surface area contributed by atoms with E-state index in [4.69, 9.17) is 9.97 Å². The first-order valence-corrected chi connectivity index (χ1v) is 14.0. The first-order valence-electron chi connectivity index (χ1n) is 14.0. The molecular weight excluding hydrogens is 542 g/mol. The molecule has 0 atom stereocenters. The van der Waals surface area contributed by atoms with Crippen molar-refractivity contribution < 1.29 is 9.59 Å². The number of hydrazine groups is 1. The number of benzene rings is 4. The van der Waals surface area contributed by atoms with Crippen LogP contribution in [0.4, 0.5) is 17.6 Å². The summed E-state index contributed by atoms with van der Waals surface area (Å²) in [5.41, 5.74) is 6.59. The molecule has 4 heterocycles. The predicted molar refractivity (Wildman–Crippen MR) is 163 cm³/mol. The Morgan fingerprint density at radius 1 is 0.628 bits per heavy atom. The average Bonchev–Trinajstić information content (AvgIpc) is 3.50. The van der Waals surface area contributed by atoms with E-state index in [2.05, 4.69) is 37.3 Å². The Bertz CT molecular complexity index is 1980. The number of carbonyl (C=O) groups excluding carboxylic acids is 2. The molecule has 0 radical (unpaired) electrons. The van der Waals surface area contributed by atoms with Gasteiger partial charge in [0.1, 0.15) is 6.33 Å². The number of fused-ring (bicyclic) bond motifs is 1. The van der Waals surface area contributed by atoms with Gasteiger partial charge in [0.05, 0.1) is 22.2 Å². The molecule has 0 unspecified atom stereocenters. The monoisotopic (exact) mass is 567 g/mol. The van der Waals surface area contributed by atoms with Crippen molar-refractivity contribution in [3.63, 3.8) is 0 Å². The van der Waals surface area contributed by atoms with E-state index >= 15 is 0 Å². The number of hydrogen-bond acceptors (Lipinski definition) is 9. The molecule has 11 nitrogen and oxygen atoms in total. The van der Waals surface area contributed by atoms with Gasteiger partial charge in [-0.25, -0.2) is 4.98 Å². The predicted octanol–water partition coefficient (Wildman–Crippen LogP) is 4.31. The highest BCUT2D eigenvalue weighted by atomic mass is 16.2. The summed E-state index contributed by atoms with van der Waals surface area (Å²) >= 11 is 0. The molecule has 6 aromatic rings. The summed E-state index contributed by atoms with van der Waals surface area (Å²) in [6.07, 6.45) is 1.66. The zero-order valence-electron chi connectivity index (χ0n) is 23.0. The van der Waals surface area contributed by atoms with Crippen LogP contribution in [0.15, 0.2) is 97.3 Å². The fourth-order valence-electron chi connectivity index (χ4n) is 5.81. The molecule has 1 fully saturated rings. The largest absolute Gasteiger partial charge is 0.368 e. The number of piperazine rings is 1. The van der Waals surface area contributed by atoms with Crippen LogP contribution in [0.5, 0.6) is 0 Å². The lowest BCUT2D eigenvalue weighted by Gasteiger charge is -2.36. The molecule has 2 amide bonds. The van der Waals surface area contributed by atoms with Crippen LogP contribution < -0.4 is 15.2 Å². The summed E-state index contributed by atoms with van der Waals surface area (Å²) < 4.78 is 1.78. The summed E-state index contributed by atoms with van der Waals surface area (Å²) in [4.78, 5) is 50.3. The second kappa shape index (κ2) is 9.91. The molecule has 0 bridgehead atoms. The highest BCUT2D eigenvalue weighted by Crippen LogP contribution is 2.30. The second-order valence-corrected chi connectivity index (χ2v) is 10.4. The van der Waals surface area contributed by atoms with Crippen LogP contribution >= 0.6 is 0 Å². The zero-order chi connectivity index (χ0) is 28.9. The molecular formula is C32H25N9O2. The fraction of sp³-hybridized carbons (Fsp3) is 0.125. The molecule has 11 heteroatoms. The van der Waals surface area contributed by atoms with Gasteiger partial charge >= 0.3 is 0 Å². The minimum Gasteiger partial charge on any atom is -0.368 e. The number of anilines is 3. The number of nitrogens with one attached hydrogen (secondary N) is 1. The summed E-state index contributed by atoms with van der Waals surface area (Å²) in [7, 11) is 0. The Morgan fingerprint density at radius 3 is 2.02 bits per heavy atom. The third-order valence-corrected chi connectivity index (χ3v) is 7.95. The van der Waals surface area contributed by atoms with E-state index in [1.54, 1.807) is 23.0 Å². The number of amides is 2. The molecule has 1 saturated heterocycles. The van der Waals surface area contributed by atoms with E-state index in [-0.39, 0.29) is 5.95 Å². The number of carbonyl (C=O) groups is 2. The Labute approximate surface area is 246 Å². The SMILES string of the molecule is O=C1c2cccc3cccc(c23)C(=O)N1Nc1nc(N2CCN(c3ccccc3)CC2)nc(-n2cnc3ccccc32)n1. The fourth-order valence-corrected chi connectivity index (χ4v) is 5.81. The molecule has 2 aromatic heterocycles. The number of imide groups is 1. The van der Waals surface area contributed by atoms with Crippen molar-refractivity contribution in [2.24, 2.45) is 0 Å². The molecule has 2 aliphatic rings. The lowest BCUT2D eigenvalue weighted by atomic mass is 9.95. The highest BCUT2D eigenvalue weighted by Gasteiger charge is 2.34. The van der Waals surface area contributed by atoms with Crippen molar-refractivity contribution in [1.29, 1.82) is 0 Å². The molecule has 43 heavy (non-hydrogen) atoms. The van der Waals surface area contributed by atoms with E-state index < -0.39 is 11.8 Å². The topological polar surface area (TPSA) is 112 Å². The van der Waals surface area contributed by atoms with Crippen LogP contribution in [0.1, 0.15) is 20.7 Å². The number of rotatable bonds is 5. The van der Waals surface area contributed by atoms with Crippen LogP contribution in [0, 0.1) is 0 Å². The van der Waals surface area contributed by atoms with Gasteiger partial charge in [-0.1, -0.05) is 54.6 Å². The molecule has 4 aromatic carbocycles. The van der Waals surface area contributed by atoms with Gasteiger partial charge in [0.15, 0.2) is 0 Å². The van der Waals surface area contributed by atoms with Crippen LogP contribution in [0.25, 0.3) is 27.8 Å². The van der Waals surface area contributed by atoms with Gasteiger partial charge in [-0.15, -0.1) is 0 Å². The molecule has 8 rings (SSSR count). The summed E-state index contributed by atoms with van der Waals surface area (Å²) in [5, 5.41) is 2.47. The standard InChI is InChI=1S/C32H25N9O2/c42-28-23-12-6-8-21-9-7-13-24(27(21)23)29(43)41(28)37-30-34-31(39-18-16-38(17-19-39)22-10-2-1-3-11-22)36-32(35-30)40-20-33-25-14-4-5-15-26(25)40/h1-15,20H,16-19H2,(H,34,35,36,37). The lowest BCUT2D eigenvalue weighted by Crippen LogP contribution is -2.47. The Kier molecular flexibility index (Phi) is 5.74. The number of aromatic nitrogens is 5. The molecule has 210 valence electrons. The van der Waals surface area contributed by atoms with Gasteiger partial charge in [0, 0.05) is 37.3 Å². The minimum absolute atomic E-state index is 0.0801. The van der Waals surface area contributed by atoms with Gasteiger partial charge < -0.3 is 9.80 Å². The Hall–Kier alpha value is -5.84. The maximum Gasteiger partial charge on any atom is 0.280 e. The average molecular weight is 568 g/mol. The first-order chi connectivity index (χ1) is 21.1. The third-order valence-electron chi connectivity index (χ3n) is 7.95. The second-order valence-electron chi connectivity index (χ2n) is 10.4. The molecule has 1 N–H and O–H groups in total. The Morgan fingerprint density at radius 2 is 1.28 bits per heavy atom. The van der Waals surface area contributed by atoms with Crippen LogP contribution in [-0.4, -0.2) is 67.5 Å². The molecule has 0 saturated carbocycles. The maximum absolute atomic E-state index is 13.6. The molecule has 0 aliphatic carbocycles. The van der Waals surface area contributed by atoms with Crippen molar-refractivity contribution in [3.05, 3.63) is 108 Å². The normalized spacial score (nSPS) is 15.0. The molecule has 0 spiro atoms. The van der Waals surface area contributed by atoms with Gasteiger partial charge in [-0.05, 0) is 41.8 Å². The number of hydrogen-bond donors (Lipinski definition) is 1. The molecule has 2 aliphatic heterocycles. The number of imidazole rings is 1. The van der Waals surface area contributed by atoms with Crippen molar-refractivity contribution in [1.82, 2.24) is 29.5 Å². The van der Waals surface area contributed by atoms with Crippen molar-refractivity contribution in [2.75, 3.05) is 41.4 Å². The zero-order valence-corrected chi connectivity index (χ0v) is 23.0. The minimum atomic E-state index is -0.470. The van der Waals surface area contributed by atoms with Crippen molar-refractivity contribution >= 4 is 51.2 Å². The van der Waals surface area contributed by atoms with Gasteiger partial charge in [0.25, 0.3) is 11.8 Å². The van der Waals surface area contributed by atoms with Crippen molar-refractivity contribution in [3.8, 4) is 5.95 Å². The van der Waals surface area contributed by atoms with Gasteiger partial charge in [-0.2, -0.15) is 20.0 Å². The Balaban J connectivity index is 1.17. The quantitative estimate of drug-likeness (QED) is 0.305. The van der Waals surface area contributed by atoms with Crippen LogP contribution in [-0.2, 0) is 0 Å². The number of para-hydroxylation sites is 3. The summed E-state index contributed by atoms with van der Waals surface area (Å²) in [5.74, 6) is -0.0928. The summed E-state index contributed by atoms with van der Waals surface area (Å²) in [6.45, 7) is 2.93. The van der Waals surface area contributed by atoms with E-state index in [0.717, 1.165) is 34.5 Å². The van der Waals surface area contributed by atoms with Crippen LogP contribution in [0.3, 0.4) is 0 Å². The van der Waals surface area contributed by atoms with Gasteiger partial charge in [-0.3, -0.25) is 19.6 Å². The smallest absolute Gasteiger partial charge is 0.280 e. The highest BCUT2D eigenvalue weighted by molar-refractivity contribution is 6.25.